The number of piperazine rings is 1. The van der Waals surface area contributed by atoms with Crippen LogP contribution in [0.3, 0.4) is 0 Å². The highest BCUT2D eigenvalue weighted by molar-refractivity contribution is 5.79. The molecule has 0 spiro atoms. The van der Waals surface area contributed by atoms with E-state index in [9.17, 15) is 0 Å². The van der Waals surface area contributed by atoms with Crippen LogP contribution in [-0.2, 0) is 0 Å². The molecule has 1 aromatic carbocycles. The predicted octanol–water partition coefficient (Wildman–Crippen LogP) is 2.25. The Labute approximate surface area is 152 Å². The highest BCUT2D eigenvalue weighted by Gasteiger charge is 2.16. The van der Waals surface area contributed by atoms with Gasteiger partial charge in [-0.2, -0.15) is 0 Å². The maximum Gasteiger partial charge on any atom is 0.191 e. The second-order valence-corrected chi connectivity index (χ2v) is 6.54. The summed E-state index contributed by atoms with van der Waals surface area (Å²) < 4.78 is 0. The fourth-order valence-corrected chi connectivity index (χ4v) is 3.11. The fraction of sp³-hybridized carbons (Fsp3) is 0.550. The topological polar surface area (TPSA) is 42.9 Å². The van der Waals surface area contributed by atoms with Crippen LogP contribution in [0, 0.1) is 6.92 Å². The van der Waals surface area contributed by atoms with Crippen molar-refractivity contribution < 1.29 is 0 Å². The average Bonchev–Trinajstić information content (AvgIpc) is 2.64. The lowest BCUT2D eigenvalue weighted by Crippen LogP contribution is -2.46. The Morgan fingerprint density at radius 2 is 2.00 bits per heavy atom. The Morgan fingerprint density at radius 3 is 2.68 bits per heavy atom. The van der Waals surface area contributed by atoms with Crippen molar-refractivity contribution in [2.75, 3.05) is 57.8 Å². The molecule has 1 fully saturated rings. The third-order valence-corrected chi connectivity index (χ3v) is 4.57. The molecule has 0 saturated carbocycles. The smallest absolute Gasteiger partial charge is 0.191 e. The fourth-order valence-electron chi connectivity index (χ4n) is 3.11. The first-order valence-electron chi connectivity index (χ1n) is 9.32. The van der Waals surface area contributed by atoms with Gasteiger partial charge in [0.05, 0.1) is 0 Å². The Bertz CT molecular complexity index is 547. The van der Waals surface area contributed by atoms with Gasteiger partial charge in [0.15, 0.2) is 5.96 Å². The molecule has 2 rings (SSSR count). The predicted molar refractivity (Wildman–Crippen MR) is 109 cm³/mol. The molecule has 1 aliphatic heterocycles. The Balaban J connectivity index is 1.59. The van der Waals surface area contributed by atoms with E-state index in [4.69, 9.17) is 0 Å². The number of aryl methyl sites for hydroxylation is 1. The normalized spacial score (nSPS) is 15.9. The van der Waals surface area contributed by atoms with Gasteiger partial charge < -0.3 is 15.5 Å². The first-order valence-corrected chi connectivity index (χ1v) is 9.32. The number of anilines is 1. The average molecular weight is 344 g/mol. The van der Waals surface area contributed by atoms with E-state index in [2.05, 4.69) is 63.2 Å². The molecule has 0 bridgehead atoms. The van der Waals surface area contributed by atoms with Gasteiger partial charge in [-0.3, -0.25) is 9.89 Å². The molecule has 0 unspecified atom stereocenters. The molecule has 0 radical (unpaired) electrons. The first kappa shape index (κ1) is 19.3. The molecule has 5 nitrogen and oxygen atoms in total. The van der Waals surface area contributed by atoms with Crippen LogP contribution >= 0.6 is 0 Å². The molecule has 0 aliphatic carbocycles. The minimum atomic E-state index is 0.741. The summed E-state index contributed by atoms with van der Waals surface area (Å²) in [7, 11) is 1.80. The van der Waals surface area contributed by atoms with Crippen LogP contribution in [0.5, 0.6) is 0 Å². The number of unbranched alkanes of at least 4 members (excludes halogenated alkanes) is 1. The molecule has 5 heteroatoms. The molecule has 1 heterocycles. The Kier molecular flexibility index (Phi) is 8.32. The molecular formula is C20H33N5. The number of hydrogen-bond donors (Lipinski definition) is 2. The van der Waals surface area contributed by atoms with E-state index < -0.39 is 0 Å². The van der Waals surface area contributed by atoms with Crippen molar-refractivity contribution in [3.05, 3.63) is 42.5 Å². The van der Waals surface area contributed by atoms with Crippen molar-refractivity contribution in [2.45, 2.75) is 19.8 Å². The molecular weight excluding hydrogens is 310 g/mol. The largest absolute Gasteiger partial charge is 0.369 e. The standard InChI is InChI=1S/C20H33N5/c1-4-10-22-20(21-3)23-11-5-6-12-24-13-15-25(16-14-24)19-9-7-8-18(2)17-19/h4,7-9,17H,1,5-6,10-16H2,2-3H3,(H2,21,22,23). The number of guanidine groups is 1. The van der Waals surface area contributed by atoms with Crippen LogP contribution in [0.4, 0.5) is 5.69 Å². The molecule has 1 aromatic rings. The van der Waals surface area contributed by atoms with Gasteiger partial charge in [-0.25, -0.2) is 0 Å². The zero-order chi connectivity index (χ0) is 17.9. The Morgan fingerprint density at radius 1 is 1.20 bits per heavy atom. The molecule has 138 valence electrons. The lowest BCUT2D eigenvalue weighted by molar-refractivity contribution is 0.253. The molecule has 0 aromatic heterocycles. The van der Waals surface area contributed by atoms with Crippen molar-refractivity contribution in [3.8, 4) is 0 Å². The van der Waals surface area contributed by atoms with E-state index in [0.29, 0.717) is 0 Å². The molecule has 0 amide bonds. The van der Waals surface area contributed by atoms with Gasteiger partial charge in [-0.1, -0.05) is 18.2 Å². The number of aliphatic imine (C=N–C) groups is 1. The summed E-state index contributed by atoms with van der Waals surface area (Å²) in [6.07, 6.45) is 4.21. The molecule has 1 aliphatic rings. The summed E-state index contributed by atoms with van der Waals surface area (Å²) >= 11 is 0. The SMILES string of the molecule is C=CCNC(=NC)NCCCCN1CCN(c2cccc(C)c2)CC1. The zero-order valence-corrected chi connectivity index (χ0v) is 15.8. The van der Waals surface area contributed by atoms with Crippen molar-refractivity contribution >= 4 is 11.6 Å². The Hall–Kier alpha value is -2.01. The highest BCUT2D eigenvalue weighted by atomic mass is 15.3. The van der Waals surface area contributed by atoms with E-state index in [1.807, 2.05) is 6.08 Å². The van der Waals surface area contributed by atoms with Crippen LogP contribution in [0.15, 0.2) is 41.9 Å². The third kappa shape index (κ3) is 6.78. The van der Waals surface area contributed by atoms with E-state index in [1.165, 1.54) is 24.2 Å². The van der Waals surface area contributed by atoms with Crippen LogP contribution < -0.4 is 15.5 Å². The van der Waals surface area contributed by atoms with Crippen LogP contribution in [0.25, 0.3) is 0 Å². The van der Waals surface area contributed by atoms with E-state index >= 15 is 0 Å². The second kappa shape index (κ2) is 10.8. The van der Waals surface area contributed by atoms with Crippen LogP contribution in [-0.4, -0.2) is 63.7 Å². The van der Waals surface area contributed by atoms with E-state index in [0.717, 1.165) is 51.6 Å². The van der Waals surface area contributed by atoms with Crippen molar-refractivity contribution in [1.29, 1.82) is 0 Å². The van der Waals surface area contributed by atoms with Gasteiger partial charge in [-0.15, -0.1) is 6.58 Å². The molecule has 0 atom stereocenters. The van der Waals surface area contributed by atoms with Crippen LogP contribution in [0.1, 0.15) is 18.4 Å². The van der Waals surface area contributed by atoms with Gasteiger partial charge in [0, 0.05) is 52.0 Å². The van der Waals surface area contributed by atoms with Gasteiger partial charge >= 0.3 is 0 Å². The summed E-state index contributed by atoms with van der Waals surface area (Å²) in [4.78, 5) is 9.27. The van der Waals surface area contributed by atoms with Gasteiger partial charge in [0.1, 0.15) is 0 Å². The lowest BCUT2D eigenvalue weighted by Gasteiger charge is -2.36. The van der Waals surface area contributed by atoms with Gasteiger partial charge in [0.25, 0.3) is 0 Å². The molecule has 25 heavy (non-hydrogen) atoms. The minimum absolute atomic E-state index is 0.741. The number of hydrogen-bond acceptors (Lipinski definition) is 3. The highest BCUT2D eigenvalue weighted by Crippen LogP contribution is 2.17. The first-order chi connectivity index (χ1) is 12.2. The summed E-state index contributed by atoms with van der Waals surface area (Å²) in [5.74, 6) is 0.853. The summed E-state index contributed by atoms with van der Waals surface area (Å²) in [6.45, 7) is 13.3. The third-order valence-electron chi connectivity index (χ3n) is 4.57. The van der Waals surface area contributed by atoms with Crippen molar-refractivity contribution in [2.24, 2.45) is 4.99 Å². The van der Waals surface area contributed by atoms with Crippen molar-refractivity contribution in [3.63, 3.8) is 0 Å². The monoisotopic (exact) mass is 343 g/mol. The zero-order valence-electron chi connectivity index (χ0n) is 15.8. The number of nitrogens with zero attached hydrogens (tertiary/aromatic N) is 3. The summed E-state index contributed by atoms with van der Waals surface area (Å²) in [5, 5.41) is 6.53. The van der Waals surface area contributed by atoms with Gasteiger partial charge in [0.2, 0.25) is 0 Å². The lowest BCUT2D eigenvalue weighted by atomic mass is 10.2. The van der Waals surface area contributed by atoms with Crippen molar-refractivity contribution in [1.82, 2.24) is 15.5 Å². The van der Waals surface area contributed by atoms with E-state index in [1.54, 1.807) is 7.05 Å². The minimum Gasteiger partial charge on any atom is -0.369 e. The summed E-state index contributed by atoms with van der Waals surface area (Å²) in [5.41, 5.74) is 2.70. The number of nitrogens with one attached hydrogen (secondary N) is 2. The maximum absolute atomic E-state index is 4.19. The van der Waals surface area contributed by atoms with Gasteiger partial charge in [-0.05, 0) is 44.0 Å². The van der Waals surface area contributed by atoms with E-state index in [-0.39, 0.29) is 0 Å². The second-order valence-electron chi connectivity index (χ2n) is 6.54. The molecule has 2 N–H and O–H groups in total. The maximum atomic E-state index is 4.19. The number of benzene rings is 1. The molecule has 1 saturated heterocycles. The number of rotatable bonds is 8. The summed E-state index contributed by atoms with van der Waals surface area (Å²) in [6, 6.07) is 8.83. The van der Waals surface area contributed by atoms with Crippen LogP contribution in [0.2, 0.25) is 0 Å². The quantitative estimate of drug-likeness (QED) is 0.329.